The van der Waals surface area contributed by atoms with E-state index in [1.165, 1.54) is 0 Å². The summed E-state index contributed by atoms with van der Waals surface area (Å²) in [6, 6.07) is 0. The number of rotatable bonds is 1. The molecule has 0 bridgehead atoms. The Morgan fingerprint density at radius 1 is 1.00 bits per heavy atom. The first-order chi connectivity index (χ1) is 7.62. The first-order valence-electron chi connectivity index (χ1n) is 6.45. The summed E-state index contributed by atoms with van der Waals surface area (Å²) in [6.07, 6.45) is 1.03. The van der Waals surface area contributed by atoms with Gasteiger partial charge in [-0.2, -0.15) is 0 Å². The molecule has 0 aromatic heterocycles. The van der Waals surface area contributed by atoms with Crippen LogP contribution in [0.15, 0.2) is 0 Å². The highest BCUT2D eigenvalue weighted by molar-refractivity contribution is 5.85. The standard InChI is InChI=1S/C13H27N3O/c1-12(2,3)16-8-6-7-15(9-10-16)11(17)13(4,5)14/h6-10,14H2,1-5H3. The lowest BCUT2D eigenvalue weighted by molar-refractivity contribution is -0.135. The van der Waals surface area contributed by atoms with Crippen LogP contribution in [0.3, 0.4) is 0 Å². The van der Waals surface area contributed by atoms with Crippen molar-refractivity contribution >= 4 is 5.91 Å². The maximum atomic E-state index is 12.1. The molecule has 0 aromatic carbocycles. The second-order valence-corrected chi connectivity index (χ2v) is 6.53. The van der Waals surface area contributed by atoms with Crippen LogP contribution in [0, 0.1) is 0 Å². The monoisotopic (exact) mass is 241 g/mol. The zero-order valence-corrected chi connectivity index (χ0v) is 11.9. The third-order valence-electron chi connectivity index (χ3n) is 3.28. The molecule has 4 nitrogen and oxygen atoms in total. The topological polar surface area (TPSA) is 49.6 Å². The zero-order chi connectivity index (χ0) is 13.3. The Balaban J connectivity index is 2.63. The Labute approximate surface area is 105 Å². The van der Waals surface area contributed by atoms with Gasteiger partial charge in [-0.1, -0.05) is 0 Å². The molecule has 0 aromatic rings. The van der Waals surface area contributed by atoms with E-state index in [1.54, 1.807) is 13.8 Å². The Morgan fingerprint density at radius 3 is 2.06 bits per heavy atom. The minimum Gasteiger partial charge on any atom is -0.340 e. The molecule has 1 saturated heterocycles. The molecular formula is C13H27N3O. The van der Waals surface area contributed by atoms with Crippen molar-refractivity contribution in [3.05, 3.63) is 0 Å². The van der Waals surface area contributed by atoms with E-state index >= 15 is 0 Å². The second kappa shape index (κ2) is 4.94. The molecule has 2 N–H and O–H groups in total. The fourth-order valence-corrected chi connectivity index (χ4v) is 2.20. The van der Waals surface area contributed by atoms with E-state index in [0.717, 1.165) is 32.6 Å². The Morgan fingerprint density at radius 2 is 1.59 bits per heavy atom. The number of nitrogens with zero attached hydrogens (tertiary/aromatic N) is 2. The van der Waals surface area contributed by atoms with Crippen LogP contribution in [0.2, 0.25) is 0 Å². The van der Waals surface area contributed by atoms with Gasteiger partial charge >= 0.3 is 0 Å². The predicted molar refractivity (Wildman–Crippen MR) is 70.8 cm³/mol. The van der Waals surface area contributed by atoms with Crippen molar-refractivity contribution in [2.75, 3.05) is 26.2 Å². The quantitative estimate of drug-likeness (QED) is 0.747. The van der Waals surface area contributed by atoms with Gasteiger partial charge in [0.15, 0.2) is 0 Å². The first-order valence-corrected chi connectivity index (χ1v) is 6.45. The van der Waals surface area contributed by atoms with Gasteiger partial charge in [-0.25, -0.2) is 0 Å². The van der Waals surface area contributed by atoms with Crippen molar-refractivity contribution in [2.45, 2.75) is 52.1 Å². The maximum Gasteiger partial charge on any atom is 0.242 e. The third-order valence-corrected chi connectivity index (χ3v) is 3.28. The molecular weight excluding hydrogens is 214 g/mol. The van der Waals surface area contributed by atoms with Gasteiger partial charge in [0.1, 0.15) is 0 Å². The van der Waals surface area contributed by atoms with Crippen molar-refractivity contribution in [3.8, 4) is 0 Å². The zero-order valence-electron chi connectivity index (χ0n) is 11.9. The minimum atomic E-state index is -0.753. The van der Waals surface area contributed by atoms with Gasteiger partial charge in [0, 0.05) is 31.7 Å². The smallest absolute Gasteiger partial charge is 0.242 e. The summed E-state index contributed by atoms with van der Waals surface area (Å²) in [5.41, 5.74) is 5.30. The second-order valence-electron chi connectivity index (χ2n) is 6.53. The fourth-order valence-electron chi connectivity index (χ4n) is 2.20. The van der Waals surface area contributed by atoms with E-state index in [2.05, 4.69) is 25.7 Å². The van der Waals surface area contributed by atoms with Gasteiger partial charge in [-0.3, -0.25) is 9.69 Å². The normalized spacial score (nSPS) is 20.2. The maximum absolute atomic E-state index is 12.1. The molecule has 1 aliphatic rings. The molecule has 1 fully saturated rings. The summed E-state index contributed by atoms with van der Waals surface area (Å²) in [7, 11) is 0. The van der Waals surface area contributed by atoms with E-state index in [0.29, 0.717) is 0 Å². The highest BCUT2D eigenvalue weighted by Crippen LogP contribution is 2.17. The molecule has 0 unspecified atom stereocenters. The highest BCUT2D eigenvalue weighted by atomic mass is 16.2. The lowest BCUT2D eigenvalue weighted by Gasteiger charge is -2.34. The van der Waals surface area contributed by atoms with Gasteiger partial charge < -0.3 is 10.6 Å². The van der Waals surface area contributed by atoms with Crippen molar-refractivity contribution in [1.29, 1.82) is 0 Å². The Bertz CT molecular complexity index is 275. The number of carbonyl (C=O) groups excluding carboxylic acids is 1. The van der Waals surface area contributed by atoms with E-state index in [4.69, 9.17) is 5.73 Å². The molecule has 0 atom stereocenters. The Kier molecular flexibility index (Phi) is 4.20. The lowest BCUT2D eigenvalue weighted by atomic mass is 10.1. The summed E-state index contributed by atoms with van der Waals surface area (Å²) in [4.78, 5) is 16.5. The summed E-state index contributed by atoms with van der Waals surface area (Å²) in [5.74, 6) is 0.0632. The largest absolute Gasteiger partial charge is 0.340 e. The van der Waals surface area contributed by atoms with Gasteiger partial charge in [0.2, 0.25) is 5.91 Å². The van der Waals surface area contributed by atoms with Crippen LogP contribution in [0.1, 0.15) is 41.0 Å². The SMILES string of the molecule is CC(C)(N)C(=O)N1CCCN(C(C)(C)C)CC1. The van der Waals surface area contributed by atoms with Crippen LogP contribution in [-0.2, 0) is 4.79 Å². The average Bonchev–Trinajstić information content (AvgIpc) is 2.38. The van der Waals surface area contributed by atoms with E-state index in [1.807, 2.05) is 4.90 Å². The molecule has 0 aliphatic carbocycles. The van der Waals surface area contributed by atoms with Crippen molar-refractivity contribution in [3.63, 3.8) is 0 Å². The molecule has 17 heavy (non-hydrogen) atoms. The van der Waals surface area contributed by atoms with Crippen LogP contribution < -0.4 is 5.73 Å². The third kappa shape index (κ3) is 3.96. The first kappa shape index (κ1) is 14.5. The molecule has 1 amide bonds. The van der Waals surface area contributed by atoms with E-state index in [-0.39, 0.29) is 11.4 Å². The molecule has 1 aliphatic heterocycles. The van der Waals surface area contributed by atoms with E-state index < -0.39 is 5.54 Å². The summed E-state index contributed by atoms with van der Waals surface area (Å²) >= 11 is 0. The van der Waals surface area contributed by atoms with Crippen molar-refractivity contribution in [2.24, 2.45) is 5.73 Å². The van der Waals surface area contributed by atoms with Crippen molar-refractivity contribution < 1.29 is 4.79 Å². The van der Waals surface area contributed by atoms with Gasteiger partial charge in [0.25, 0.3) is 0 Å². The van der Waals surface area contributed by atoms with Crippen LogP contribution >= 0.6 is 0 Å². The molecule has 0 saturated carbocycles. The van der Waals surface area contributed by atoms with E-state index in [9.17, 15) is 4.79 Å². The van der Waals surface area contributed by atoms with Crippen LogP contribution in [0.5, 0.6) is 0 Å². The van der Waals surface area contributed by atoms with Crippen LogP contribution in [-0.4, -0.2) is 53.0 Å². The van der Waals surface area contributed by atoms with Gasteiger partial charge in [-0.15, -0.1) is 0 Å². The minimum absolute atomic E-state index is 0.0632. The van der Waals surface area contributed by atoms with Gasteiger partial charge in [-0.05, 0) is 41.0 Å². The number of carbonyl (C=O) groups is 1. The van der Waals surface area contributed by atoms with Crippen LogP contribution in [0.25, 0.3) is 0 Å². The molecule has 0 radical (unpaired) electrons. The molecule has 100 valence electrons. The molecule has 0 spiro atoms. The molecule has 1 heterocycles. The van der Waals surface area contributed by atoms with Gasteiger partial charge in [0.05, 0.1) is 5.54 Å². The fraction of sp³-hybridized carbons (Fsp3) is 0.923. The Hall–Kier alpha value is -0.610. The summed E-state index contributed by atoms with van der Waals surface area (Å²) in [6.45, 7) is 13.8. The number of hydrogen-bond donors (Lipinski definition) is 1. The molecule has 4 heteroatoms. The number of amides is 1. The summed E-state index contributed by atoms with van der Waals surface area (Å²) in [5, 5.41) is 0. The average molecular weight is 241 g/mol. The lowest BCUT2D eigenvalue weighted by Crippen LogP contribution is -2.52. The number of nitrogens with two attached hydrogens (primary N) is 1. The summed E-state index contributed by atoms with van der Waals surface area (Å²) < 4.78 is 0. The molecule has 1 rings (SSSR count). The predicted octanol–water partition coefficient (Wildman–Crippen LogP) is 1.06. The highest BCUT2D eigenvalue weighted by Gasteiger charge is 2.31. The van der Waals surface area contributed by atoms with Crippen molar-refractivity contribution in [1.82, 2.24) is 9.80 Å². The number of hydrogen-bond acceptors (Lipinski definition) is 3. The van der Waals surface area contributed by atoms with Crippen LogP contribution in [0.4, 0.5) is 0 Å².